The monoisotopic (exact) mass is 380 g/mol. The van der Waals surface area contributed by atoms with Gasteiger partial charge in [0.1, 0.15) is 12.1 Å². The maximum absolute atomic E-state index is 13.5. The normalized spacial score (nSPS) is 22.3. The third-order valence-corrected chi connectivity index (χ3v) is 6.10. The van der Waals surface area contributed by atoms with E-state index in [0.29, 0.717) is 13.1 Å². The molecule has 148 valence electrons. The SMILES string of the molecule is Cc1cc(C)n(CC(=O)N2CCCC23CCCN(Cc2ccccc2)C3=O)n1. The fourth-order valence-corrected chi connectivity index (χ4v) is 4.79. The predicted molar refractivity (Wildman–Crippen MR) is 106 cm³/mol. The van der Waals surface area contributed by atoms with Crippen LogP contribution in [0.3, 0.4) is 0 Å². The molecular formula is C22H28N4O2. The molecule has 6 heteroatoms. The third-order valence-electron chi connectivity index (χ3n) is 6.10. The quantitative estimate of drug-likeness (QED) is 0.819. The lowest BCUT2D eigenvalue weighted by atomic mass is 9.85. The molecule has 1 unspecified atom stereocenters. The van der Waals surface area contributed by atoms with Gasteiger partial charge in [-0.3, -0.25) is 14.3 Å². The van der Waals surface area contributed by atoms with Gasteiger partial charge in [0.25, 0.3) is 0 Å². The lowest BCUT2D eigenvalue weighted by Gasteiger charge is -2.44. The number of amides is 2. The van der Waals surface area contributed by atoms with Gasteiger partial charge in [-0.1, -0.05) is 30.3 Å². The maximum atomic E-state index is 13.5. The summed E-state index contributed by atoms with van der Waals surface area (Å²) in [5.41, 5.74) is 2.34. The van der Waals surface area contributed by atoms with Gasteiger partial charge in [0.2, 0.25) is 11.8 Å². The summed E-state index contributed by atoms with van der Waals surface area (Å²) in [7, 11) is 0. The van der Waals surface area contributed by atoms with Gasteiger partial charge in [0, 0.05) is 25.3 Å². The highest BCUT2D eigenvalue weighted by atomic mass is 16.2. The number of hydrogen-bond donors (Lipinski definition) is 0. The van der Waals surface area contributed by atoms with Crippen LogP contribution in [0.15, 0.2) is 36.4 Å². The highest BCUT2D eigenvalue weighted by Gasteiger charge is 2.52. The Morgan fingerprint density at radius 3 is 2.50 bits per heavy atom. The Morgan fingerprint density at radius 1 is 1.11 bits per heavy atom. The van der Waals surface area contributed by atoms with Crippen molar-refractivity contribution in [3.05, 3.63) is 53.3 Å². The van der Waals surface area contributed by atoms with Crippen LogP contribution in [-0.2, 0) is 22.7 Å². The van der Waals surface area contributed by atoms with E-state index in [1.807, 2.05) is 47.9 Å². The van der Waals surface area contributed by atoms with Crippen molar-refractivity contribution in [2.45, 2.75) is 58.2 Å². The molecule has 2 aliphatic heterocycles. The molecular weight excluding hydrogens is 352 g/mol. The van der Waals surface area contributed by atoms with Gasteiger partial charge in [0.05, 0.1) is 5.69 Å². The number of aryl methyl sites for hydroxylation is 2. The van der Waals surface area contributed by atoms with E-state index in [1.54, 1.807) is 4.68 Å². The smallest absolute Gasteiger partial charge is 0.248 e. The predicted octanol–water partition coefficient (Wildman–Crippen LogP) is 2.68. The second-order valence-electron chi connectivity index (χ2n) is 8.08. The number of piperidine rings is 1. The van der Waals surface area contributed by atoms with Crippen LogP contribution in [0.2, 0.25) is 0 Å². The summed E-state index contributed by atoms with van der Waals surface area (Å²) < 4.78 is 1.75. The van der Waals surface area contributed by atoms with E-state index in [2.05, 4.69) is 17.2 Å². The Hall–Kier alpha value is -2.63. The van der Waals surface area contributed by atoms with E-state index in [-0.39, 0.29) is 18.4 Å². The second kappa shape index (κ2) is 7.41. The molecule has 3 heterocycles. The second-order valence-corrected chi connectivity index (χ2v) is 8.08. The first kappa shape index (κ1) is 18.7. The van der Waals surface area contributed by atoms with E-state index in [4.69, 9.17) is 0 Å². The van der Waals surface area contributed by atoms with E-state index in [1.165, 1.54) is 0 Å². The highest BCUT2D eigenvalue weighted by Crippen LogP contribution is 2.39. The van der Waals surface area contributed by atoms with Gasteiger partial charge in [-0.05, 0) is 51.2 Å². The molecule has 28 heavy (non-hydrogen) atoms. The third kappa shape index (κ3) is 3.32. The van der Waals surface area contributed by atoms with Crippen molar-refractivity contribution < 1.29 is 9.59 Å². The molecule has 2 amide bonds. The van der Waals surface area contributed by atoms with Crippen LogP contribution in [0, 0.1) is 13.8 Å². The summed E-state index contributed by atoms with van der Waals surface area (Å²) in [6, 6.07) is 12.1. The minimum absolute atomic E-state index is 0.00129. The molecule has 0 saturated carbocycles. The molecule has 1 aromatic heterocycles. The van der Waals surface area contributed by atoms with Crippen molar-refractivity contribution in [1.82, 2.24) is 19.6 Å². The van der Waals surface area contributed by atoms with Gasteiger partial charge in [-0.2, -0.15) is 5.10 Å². The Labute approximate surface area is 166 Å². The van der Waals surface area contributed by atoms with Gasteiger partial charge >= 0.3 is 0 Å². The largest absolute Gasteiger partial charge is 0.336 e. The summed E-state index contributed by atoms with van der Waals surface area (Å²) in [4.78, 5) is 30.4. The van der Waals surface area contributed by atoms with Crippen LogP contribution >= 0.6 is 0 Å². The highest BCUT2D eigenvalue weighted by molar-refractivity contribution is 5.92. The van der Waals surface area contributed by atoms with E-state index in [9.17, 15) is 9.59 Å². The number of benzene rings is 1. The Kier molecular flexibility index (Phi) is 4.96. The van der Waals surface area contributed by atoms with Crippen LogP contribution in [0.4, 0.5) is 0 Å². The Bertz CT molecular complexity index is 876. The molecule has 0 radical (unpaired) electrons. The topological polar surface area (TPSA) is 58.4 Å². The first-order chi connectivity index (χ1) is 13.5. The van der Waals surface area contributed by atoms with Crippen LogP contribution < -0.4 is 0 Å². The average molecular weight is 380 g/mol. The average Bonchev–Trinajstić information content (AvgIpc) is 3.23. The number of hydrogen-bond acceptors (Lipinski definition) is 3. The van der Waals surface area contributed by atoms with Crippen molar-refractivity contribution in [3.8, 4) is 0 Å². The standard InChI is InChI=1S/C22H28N4O2/c1-17-14-18(2)26(23-17)16-20(27)25-13-7-11-22(25)10-6-12-24(21(22)28)15-19-8-4-3-5-9-19/h3-5,8-9,14H,6-7,10-13,15-16H2,1-2H3. The number of aromatic nitrogens is 2. The number of carbonyl (C=O) groups excluding carboxylic acids is 2. The molecule has 2 saturated heterocycles. The first-order valence-corrected chi connectivity index (χ1v) is 10.1. The van der Waals surface area contributed by atoms with Crippen molar-refractivity contribution in [3.63, 3.8) is 0 Å². The van der Waals surface area contributed by atoms with Gasteiger partial charge in [-0.25, -0.2) is 0 Å². The fourth-order valence-electron chi connectivity index (χ4n) is 4.79. The molecule has 2 fully saturated rings. The Morgan fingerprint density at radius 2 is 1.82 bits per heavy atom. The molecule has 0 aliphatic carbocycles. The summed E-state index contributed by atoms with van der Waals surface area (Å²) in [5.74, 6) is 0.112. The molecule has 0 bridgehead atoms. The lowest BCUT2D eigenvalue weighted by molar-refractivity contribution is -0.156. The molecule has 1 aromatic carbocycles. The fraction of sp³-hybridized carbons (Fsp3) is 0.500. The van der Waals surface area contributed by atoms with Gasteiger partial charge in [-0.15, -0.1) is 0 Å². The van der Waals surface area contributed by atoms with Gasteiger partial charge < -0.3 is 9.80 Å². The number of carbonyl (C=O) groups is 2. The van der Waals surface area contributed by atoms with Crippen LogP contribution in [0.25, 0.3) is 0 Å². The molecule has 1 atom stereocenters. The molecule has 2 aliphatic rings. The Balaban J connectivity index is 1.53. The number of nitrogens with zero attached hydrogens (tertiary/aromatic N) is 4. The van der Waals surface area contributed by atoms with Crippen molar-refractivity contribution >= 4 is 11.8 Å². The zero-order valence-electron chi connectivity index (χ0n) is 16.7. The van der Waals surface area contributed by atoms with Crippen molar-refractivity contribution in [2.24, 2.45) is 0 Å². The van der Waals surface area contributed by atoms with E-state index < -0.39 is 5.54 Å². The molecule has 0 N–H and O–H groups in total. The van der Waals surface area contributed by atoms with Crippen LogP contribution in [0.5, 0.6) is 0 Å². The zero-order valence-corrected chi connectivity index (χ0v) is 16.7. The summed E-state index contributed by atoms with van der Waals surface area (Å²) in [6.45, 7) is 6.12. The molecule has 2 aromatic rings. The van der Waals surface area contributed by atoms with Crippen molar-refractivity contribution in [1.29, 1.82) is 0 Å². The summed E-state index contributed by atoms with van der Waals surface area (Å²) in [6.07, 6.45) is 3.34. The zero-order chi connectivity index (χ0) is 19.7. The maximum Gasteiger partial charge on any atom is 0.248 e. The van der Waals surface area contributed by atoms with E-state index in [0.717, 1.165) is 49.2 Å². The summed E-state index contributed by atoms with van der Waals surface area (Å²) >= 11 is 0. The molecule has 4 rings (SSSR count). The lowest BCUT2D eigenvalue weighted by Crippen LogP contribution is -2.61. The van der Waals surface area contributed by atoms with Gasteiger partial charge in [0.15, 0.2) is 0 Å². The summed E-state index contributed by atoms with van der Waals surface area (Å²) in [5, 5.41) is 4.42. The van der Waals surface area contributed by atoms with E-state index >= 15 is 0 Å². The van der Waals surface area contributed by atoms with Crippen LogP contribution in [0.1, 0.15) is 42.6 Å². The minimum atomic E-state index is -0.666. The number of likely N-dealkylation sites (tertiary alicyclic amines) is 2. The first-order valence-electron chi connectivity index (χ1n) is 10.1. The van der Waals surface area contributed by atoms with Crippen molar-refractivity contribution in [2.75, 3.05) is 13.1 Å². The minimum Gasteiger partial charge on any atom is -0.336 e. The number of rotatable bonds is 4. The van der Waals surface area contributed by atoms with Crippen LogP contribution in [-0.4, -0.2) is 50.0 Å². The molecule has 6 nitrogen and oxygen atoms in total. The molecule has 1 spiro atoms.